The molecule has 1 amide bonds. The van der Waals surface area contributed by atoms with Crippen molar-refractivity contribution in [2.24, 2.45) is 0 Å². The molecule has 36 heavy (non-hydrogen) atoms. The smallest absolute Gasteiger partial charge is 0.412 e. The third-order valence-electron chi connectivity index (χ3n) is 6.36. The molecule has 2 aliphatic carbocycles. The molecule has 2 fully saturated rings. The second kappa shape index (κ2) is 9.20. The van der Waals surface area contributed by atoms with E-state index in [1.165, 1.54) is 11.5 Å². The zero-order chi connectivity index (χ0) is 24.9. The zero-order valence-electron chi connectivity index (χ0n) is 18.8. The second-order valence-electron chi connectivity index (χ2n) is 8.94. The molecule has 2 aliphatic rings. The van der Waals surface area contributed by atoms with E-state index in [9.17, 15) is 14.7 Å². The normalized spacial score (nSPS) is 15.8. The summed E-state index contributed by atoms with van der Waals surface area (Å²) in [6.45, 7) is 0.0694. The summed E-state index contributed by atoms with van der Waals surface area (Å²) in [4.78, 5) is 27.0. The van der Waals surface area contributed by atoms with Gasteiger partial charge in [-0.25, -0.2) is 4.79 Å². The molecule has 2 N–H and O–H groups in total. The minimum absolute atomic E-state index is 0.0694. The summed E-state index contributed by atoms with van der Waals surface area (Å²) in [5.74, 6) is 5.96. The summed E-state index contributed by atoms with van der Waals surface area (Å²) in [5.41, 5.74) is 1.20. The van der Waals surface area contributed by atoms with Gasteiger partial charge in [-0.15, -0.1) is 22.7 Å². The Bertz CT molecular complexity index is 1530. The highest BCUT2D eigenvalue weighted by molar-refractivity contribution is 7.38. The highest BCUT2D eigenvalue weighted by Crippen LogP contribution is 2.53. The van der Waals surface area contributed by atoms with E-state index in [1.54, 1.807) is 28.7 Å². The summed E-state index contributed by atoms with van der Waals surface area (Å²) < 4.78 is 11.0. The molecule has 10 heteroatoms. The van der Waals surface area contributed by atoms with Gasteiger partial charge in [0.1, 0.15) is 12.0 Å². The number of carbonyl (C=O) groups is 2. The predicted octanol–water partition coefficient (Wildman–Crippen LogP) is 7.21. The molecule has 0 saturated heterocycles. The molecule has 182 valence electrons. The Labute approximate surface area is 224 Å². The van der Waals surface area contributed by atoms with E-state index in [4.69, 9.17) is 16.3 Å². The zero-order valence-corrected chi connectivity index (χ0v) is 22.0. The topological polar surface area (TPSA) is 88.5 Å². The van der Waals surface area contributed by atoms with E-state index in [0.29, 0.717) is 35.2 Å². The lowest BCUT2D eigenvalue weighted by Crippen LogP contribution is -2.17. The number of benzene rings is 1. The van der Waals surface area contributed by atoms with Crippen LogP contribution in [0.25, 0.3) is 9.40 Å². The number of nitrogens with zero attached hydrogens (tertiary/aromatic N) is 1. The highest BCUT2D eigenvalue weighted by atomic mass is 35.5. The van der Waals surface area contributed by atoms with Crippen LogP contribution in [0.3, 0.4) is 0 Å². The first kappa shape index (κ1) is 23.5. The number of carbonyl (C=O) groups excluding carboxylic acids is 1. The van der Waals surface area contributed by atoms with E-state index < -0.39 is 17.5 Å². The molecular formula is C26H19ClN2O4S3. The Hall–Kier alpha value is -2.90. The van der Waals surface area contributed by atoms with Crippen molar-refractivity contribution in [3.05, 3.63) is 67.3 Å². The molecule has 0 spiro atoms. The molecule has 0 unspecified atom stereocenters. The van der Waals surface area contributed by atoms with E-state index in [-0.39, 0.29) is 6.61 Å². The Morgan fingerprint density at radius 1 is 1.19 bits per heavy atom. The fourth-order valence-corrected chi connectivity index (χ4v) is 7.66. The largest absolute Gasteiger partial charge is 0.481 e. The number of aromatic nitrogens is 1. The standard InChI is InChI=1S/C26H19ClN2O4S3/c27-18-4-2-1-3-15(18)13-33-25(32)28-21-19(29-36-22(21)14-5-6-14)8-7-17-11-16-12-20(35-23(16)34-17)26(9-10-26)24(30)31/h1-4,11-12,14H,5-6,9-10,13H2,(H,28,32)(H,30,31). The molecule has 6 rings (SSSR count). The van der Waals surface area contributed by atoms with Gasteiger partial charge in [0, 0.05) is 20.8 Å². The SMILES string of the molecule is O=C(Nc1c(C#Cc2cc3cc(C4(C(=O)O)CC4)sc3s2)nsc1C1CC1)OCc1ccccc1Cl. The Morgan fingerprint density at radius 2 is 2.00 bits per heavy atom. The third-order valence-corrected chi connectivity index (χ3v) is 10.2. The quantitative estimate of drug-likeness (QED) is 0.246. The molecule has 0 bridgehead atoms. The number of thiophene rings is 2. The number of rotatable bonds is 6. The summed E-state index contributed by atoms with van der Waals surface area (Å²) in [5, 5.41) is 14.0. The van der Waals surface area contributed by atoms with Crippen molar-refractivity contribution in [1.82, 2.24) is 4.37 Å². The molecule has 0 aliphatic heterocycles. The van der Waals surface area contributed by atoms with Crippen LogP contribution in [0.1, 0.15) is 57.5 Å². The van der Waals surface area contributed by atoms with Gasteiger partial charge < -0.3 is 9.84 Å². The van der Waals surface area contributed by atoms with Gasteiger partial charge in [-0.1, -0.05) is 29.8 Å². The number of anilines is 1. The van der Waals surface area contributed by atoms with Crippen molar-refractivity contribution in [1.29, 1.82) is 0 Å². The summed E-state index contributed by atoms with van der Waals surface area (Å²) >= 11 is 10.6. The number of ether oxygens (including phenoxy) is 1. The van der Waals surface area contributed by atoms with Gasteiger partial charge in [0.15, 0.2) is 5.69 Å². The number of carboxylic acid groups (broad SMARTS) is 1. The van der Waals surface area contributed by atoms with Gasteiger partial charge in [0.2, 0.25) is 0 Å². The lowest BCUT2D eigenvalue weighted by atomic mass is 10.1. The molecule has 0 radical (unpaired) electrons. The molecule has 4 aromatic rings. The van der Waals surface area contributed by atoms with Gasteiger partial charge in [-0.2, -0.15) is 4.37 Å². The van der Waals surface area contributed by atoms with Crippen LogP contribution in [0.4, 0.5) is 10.5 Å². The molecule has 2 saturated carbocycles. The maximum Gasteiger partial charge on any atom is 0.412 e. The molecule has 3 heterocycles. The first-order valence-electron chi connectivity index (χ1n) is 11.4. The van der Waals surface area contributed by atoms with Crippen LogP contribution in [-0.4, -0.2) is 21.5 Å². The number of halogens is 1. The number of hydrogen-bond acceptors (Lipinski definition) is 7. The minimum atomic E-state index is -0.739. The van der Waals surface area contributed by atoms with Gasteiger partial charge >= 0.3 is 12.1 Å². The van der Waals surface area contributed by atoms with Crippen molar-refractivity contribution in [2.75, 3.05) is 5.32 Å². The van der Waals surface area contributed by atoms with Crippen molar-refractivity contribution in [3.63, 3.8) is 0 Å². The second-order valence-corrected chi connectivity index (χ2v) is 12.5. The minimum Gasteiger partial charge on any atom is -0.481 e. The van der Waals surface area contributed by atoms with Crippen LogP contribution in [0.5, 0.6) is 0 Å². The highest BCUT2D eigenvalue weighted by Gasteiger charge is 2.53. The maximum absolute atomic E-state index is 12.6. The van der Waals surface area contributed by atoms with Crippen LogP contribution in [0.2, 0.25) is 5.02 Å². The fraction of sp³-hybridized carbons (Fsp3) is 0.269. The van der Waals surface area contributed by atoms with E-state index in [1.807, 2.05) is 30.3 Å². The lowest BCUT2D eigenvalue weighted by Gasteiger charge is -2.08. The van der Waals surface area contributed by atoms with Crippen LogP contribution in [0, 0.1) is 11.8 Å². The van der Waals surface area contributed by atoms with Crippen LogP contribution in [-0.2, 0) is 21.6 Å². The van der Waals surface area contributed by atoms with E-state index >= 15 is 0 Å². The first-order valence-corrected chi connectivity index (χ1v) is 14.2. The van der Waals surface area contributed by atoms with Crippen molar-refractivity contribution in [2.45, 2.75) is 43.6 Å². The van der Waals surface area contributed by atoms with Gasteiger partial charge in [-0.05, 0) is 73.2 Å². The number of nitrogens with one attached hydrogen (secondary N) is 1. The number of amides is 1. The fourth-order valence-electron chi connectivity index (χ4n) is 3.98. The monoisotopic (exact) mass is 554 g/mol. The summed E-state index contributed by atoms with van der Waals surface area (Å²) in [7, 11) is 0. The van der Waals surface area contributed by atoms with Crippen LogP contribution in [0.15, 0.2) is 36.4 Å². The number of fused-ring (bicyclic) bond motifs is 1. The van der Waals surface area contributed by atoms with Crippen LogP contribution < -0.4 is 5.32 Å². The lowest BCUT2D eigenvalue weighted by molar-refractivity contribution is -0.139. The summed E-state index contributed by atoms with van der Waals surface area (Å²) in [6.07, 6.45) is 2.97. The van der Waals surface area contributed by atoms with Crippen molar-refractivity contribution < 1.29 is 19.4 Å². The average Bonchev–Trinajstić information content (AvgIpc) is 3.75. The number of hydrogen-bond donors (Lipinski definition) is 2. The van der Waals surface area contributed by atoms with E-state index in [2.05, 4.69) is 21.5 Å². The molecule has 1 aromatic carbocycles. The van der Waals surface area contributed by atoms with Crippen molar-refractivity contribution >= 4 is 73.0 Å². The Balaban J connectivity index is 1.20. The summed E-state index contributed by atoms with van der Waals surface area (Å²) in [6, 6.07) is 11.2. The van der Waals surface area contributed by atoms with Crippen LogP contribution >= 0.6 is 45.8 Å². The third kappa shape index (κ3) is 4.50. The average molecular weight is 555 g/mol. The Kier molecular flexibility index (Phi) is 6.00. The maximum atomic E-state index is 12.6. The Morgan fingerprint density at radius 3 is 2.69 bits per heavy atom. The van der Waals surface area contributed by atoms with Gasteiger partial charge in [0.05, 0.1) is 19.5 Å². The first-order chi connectivity index (χ1) is 17.4. The van der Waals surface area contributed by atoms with Crippen molar-refractivity contribution in [3.8, 4) is 11.8 Å². The number of aliphatic carboxylic acids is 1. The molecular weight excluding hydrogens is 536 g/mol. The molecule has 6 nitrogen and oxygen atoms in total. The van der Waals surface area contributed by atoms with E-state index in [0.717, 1.165) is 42.4 Å². The number of carboxylic acids is 1. The molecule has 3 aromatic heterocycles. The van der Waals surface area contributed by atoms with Gasteiger partial charge in [0.25, 0.3) is 0 Å². The van der Waals surface area contributed by atoms with Gasteiger partial charge in [-0.3, -0.25) is 10.1 Å². The predicted molar refractivity (Wildman–Crippen MR) is 144 cm³/mol. The molecule has 0 atom stereocenters.